The largest absolute Gasteiger partial charge is 0.381 e. The Morgan fingerprint density at radius 2 is 1.13 bits per heavy atom. The van der Waals surface area contributed by atoms with Crippen LogP contribution in [0.2, 0.25) is 0 Å². The van der Waals surface area contributed by atoms with Gasteiger partial charge in [-0.15, -0.1) is 5.11 Å². The normalized spacial score (nSPS) is 11.7. The molecule has 4 rings (SSSR count). The molecule has 1 N–H and O–H groups in total. The van der Waals surface area contributed by atoms with E-state index in [1.54, 1.807) is 0 Å². The van der Waals surface area contributed by atoms with Crippen molar-refractivity contribution in [3.8, 4) is 0 Å². The van der Waals surface area contributed by atoms with Gasteiger partial charge in [-0.3, -0.25) is 0 Å². The molecule has 0 saturated carbocycles. The molecule has 30 heavy (non-hydrogen) atoms. The molecule has 5 nitrogen and oxygen atoms in total. The average molecular weight is 393 g/mol. The molecule has 0 saturated heterocycles. The number of rotatable bonds is 6. The van der Waals surface area contributed by atoms with E-state index in [-0.39, 0.29) is 0 Å². The van der Waals surface area contributed by atoms with E-state index in [1.807, 2.05) is 66.7 Å². The van der Waals surface area contributed by atoms with E-state index in [1.165, 1.54) is 0 Å². The molecule has 4 aromatic carbocycles. The zero-order chi connectivity index (χ0) is 20.8. The summed E-state index contributed by atoms with van der Waals surface area (Å²) in [6.45, 7) is 4.22. The summed E-state index contributed by atoms with van der Waals surface area (Å²) in [5.74, 6) is 0. The quantitative estimate of drug-likeness (QED) is 0.328. The number of hydrogen-bond donors (Lipinski definition) is 1. The monoisotopic (exact) mass is 393 g/mol. The minimum Gasteiger partial charge on any atom is -0.381 e. The van der Waals surface area contributed by atoms with Crippen molar-refractivity contribution in [1.29, 1.82) is 0 Å². The van der Waals surface area contributed by atoms with Crippen molar-refractivity contribution < 1.29 is 0 Å². The van der Waals surface area contributed by atoms with Crippen LogP contribution in [-0.2, 0) is 0 Å². The number of azo groups is 2. The minimum absolute atomic E-state index is 0.300. The first-order valence-electron chi connectivity index (χ1n) is 9.96. The van der Waals surface area contributed by atoms with Gasteiger partial charge in [0.15, 0.2) is 0 Å². The standard InChI is InChI=1S/C25H23N5/c1-18(2)26-24-17-12-19-8-6-7-11-23(19)25(24)30-29-22-15-13-21(14-16-22)28-27-20-9-4-3-5-10-20/h3-18,26H,1-2H3. The molecule has 0 atom stereocenters. The van der Waals surface area contributed by atoms with Gasteiger partial charge in [-0.1, -0.05) is 48.5 Å². The molecule has 0 aliphatic heterocycles. The predicted molar refractivity (Wildman–Crippen MR) is 124 cm³/mol. The summed E-state index contributed by atoms with van der Waals surface area (Å²) < 4.78 is 0. The fraction of sp³-hybridized carbons (Fsp3) is 0.120. The lowest BCUT2D eigenvalue weighted by Gasteiger charge is -2.13. The molecule has 0 aromatic heterocycles. The van der Waals surface area contributed by atoms with E-state index in [2.05, 4.69) is 63.9 Å². The lowest BCUT2D eigenvalue weighted by atomic mass is 10.1. The number of anilines is 1. The number of hydrogen-bond acceptors (Lipinski definition) is 5. The van der Waals surface area contributed by atoms with Crippen LogP contribution >= 0.6 is 0 Å². The first-order chi connectivity index (χ1) is 14.7. The van der Waals surface area contributed by atoms with Crippen LogP contribution in [0.5, 0.6) is 0 Å². The maximum atomic E-state index is 4.59. The third kappa shape index (κ3) is 4.75. The highest BCUT2D eigenvalue weighted by Gasteiger charge is 2.08. The van der Waals surface area contributed by atoms with Gasteiger partial charge in [0.1, 0.15) is 5.69 Å². The number of nitrogens with one attached hydrogen (secondary N) is 1. The molecule has 0 radical (unpaired) electrons. The van der Waals surface area contributed by atoms with E-state index >= 15 is 0 Å². The van der Waals surface area contributed by atoms with Gasteiger partial charge >= 0.3 is 0 Å². The van der Waals surface area contributed by atoms with Crippen LogP contribution in [0.1, 0.15) is 13.8 Å². The molecule has 0 bridgehead atoms. The Morgan fingerprint density at radius 3 is 1.80 bits per heavy atom. The van der Waals surface area contributed by atoms with Crippen molar-refractivity contribution >= 4 is 39.2 Å². The zero-order valence-corrected chi connectivity index (χ0v) is 17.0. The van der Waals surface area contributed by atoms with Gasteiger partial charge in [0, 0.05) is 11.4 Å². The second-order valence-electron chi connectivity index (χ2n) is 7.23. The lowest BCUT2D eigenvalue weighted by molar-refractivity contribution is 0.899. The van der Waals surface area contributed by atoms with Crippen LogP contribution < -0.4 is 5.32 Å². The molecule has 0 aliphatic rings. The van der Waals surface area contributed by atoms with Crippen LogP contribution in [0.25, 0.3) is 10.8 Å². The summed E-state index contributed by atoms with van der Waals surface area (Å²) in [5, 5.41) is 23.2. The smallest absolute Gasteiger partial charge is 0.117 e. The Labute approximate surface area is 176 Å². The van der Waals surface area contributed by atoms with Gasteiger partial charge in [-0.2, -0.15) is 15.3 Å². The summed E-state index contributed by atoms with van der Waals surface area (Å²) in [4.78, 5) is 0. The molecular formula is C25H23N5. The van der Waals surface area contributed by atoms with E-state index in [9.17, 15) is 0 Å². The summed E-state index contributed by atoms with van der Waals surface area (Å²) in [6, 6.07) is 29.9. The van der Waals surface area contributed by atoms with E-state index in [0.29, 0.717) is 6.04 Å². The Bertz CT molecular complexity index is 1180. The fourth-order valence-corrected chi connectivity index (χ4v) is 3.09. The topological polar surface area (TPSA) is 61.5 Å². The SMILES string of the molecule is CC(C)Nc1ccc2ccccc2c1N=Nc1ccc(N=Nc2ccccc2)cc1. The first kappa shape index (κ1) is 19.5. The van der Waals surface area contributed by atoms with E-state index in [4.69, 9.17) is 0 Å². The van der Waals surface area contributed by atoms with Crippen molar-refractivity contribution in [3.05, 3.63) is 91.0 Å². The molecule has 4 aromatic rings. The molecule has 0 amide bonds. The fourth-order valence-electron chi connectivity index (χ4n) is 3.09. The molecule has 0 aliphatic carbocycles. The first-order valence-corrected chi connectivity index (χ1v) is 9.96. The van der Waals surface area contributed by atoms with Crippen LogP contribution in [0, 0.1) is 0 Å². The predicted octanol–water partition coefficient (Wildman–Crippen LogP) is 8.49. The van der Waals surface area contributed by atoms with Crippen molar-refractivity contribution in [1.82, 2.24) is 0 Å². The molecular weight excluding hydrogens is 370 g/mol. The van der Waals surface area contributed by atoms with Gasteiger partial charge in [0.05, 0.1) is 22.7 Å². The second kappa shape index (κ2) is 9.09. The second-order valence-corrected chi connectivity index (χ2v) is 7.23. The Hall–Kier alpha value is -3.86. The van der Waals surface area contributed by atoms with E-state index in [0.717, 1.165) is 39.2 Å². The highest BCUT2D eigenvalue weighted by Crippen LogP contribution is 2.36. The van der Waals surface area contributed by atoms with Crippen molar-refractivity contribution in [2.24, 2.45) is 20.5 Å². The van der Waals surface area contributed by atoms with Crippen molar-refractivity contribution in [2.45, 2.75) is 19.9 Å². The van der Waals surface area contributed by atoms with Gasteiger partial charge < -0.3 is 5.32 Å². The molecule has 0 unspecified atom stereocenters. The zero-order valence-electron chi connectivity index (χ0n) is 17.0. The Kier molecular flexibility index (Phi) is 5.90. The van der Waals surface area contributed by atoms with Crippen molar-refractivity contribution in [2.75, 3.05) is 5.32 Å². The third-order valence-corrected chi connectivity index (χ3v) is 4.50. The van der Waals surface area contributed by atoms with Crippen LogP contribution in [-0.4, -0.2) is 6.04 Å². The summed E-state index contributed by atoms with van der Waals surface area (Å²) in [7, 11) is 0. The molecule has 0 spiro atoms. The van der Waals surface area contributed by atoms with E-state index < -0.39 is 0 Å². The molecule has 0 fully saturated rings. The molecule has 0 heterocycles. The lowest BCUT2D eigenvalue weighted by Crippen LogP contribution is -2.09. The molecule has 148 valence electrons. The minimum atomic E-state index is 0.300. The van der Waals surface area contributed by atoms with Gasteiger partial charge in [0.2, 0.25) is 0 Å². The van der Waals surface area contributed by atoms with Crippen LogP contribution in [0.4, 0.5) is 28.4 Å². The highest BCUT2D eigenvalue weighted by molar-refractivity contribution is 5.98. The summed E-state index contributed by atoms with van der Waals surface area (Å²) >= 11 is 0. The van der Waals surface area contributed by atoms with Gasteiger partial charge in [-0.05, 0) is 61.7 Å². The van der Waals surface area contributed by atoms with Crippen LogP contribution in [0.15, 0.2) is 111 Å². The maximum absolute atomic E-state index is 4.59. The van der Waals surface area contributed by atoms with Gasteiger partial charge in [-0.25, -0.2) is 0 Å². The maximum Gasteiger partial charge on any atom is 0.117 e. The summed E-state index contributed by atoms with van der Waals surface area (Å²) in [5.41, 5.74) is 4.17. The number of fused-ring (bicyclic) bond motifs is 1. The average Bonchev–Trinajstić information content (AvgIpc) is 2.78. The Balaban J connectivity index is 1.59. The van der Waals surface area contributed by atoms with Crippen LogP contribution in [0.3, 0.4) is 0 Å². The van der Waals surface area contributed by atoms with Gasteiger partial charge in [0.25, 0.3) is 0 Å². The number of benzene rings is 4. The Morgan fingerprint density at radius 1 is 0.567 bits per heavy atom. The van der Waals surface area contributed by atoms with Crippen molar-refractivity contribution in [3.63, 3.8) is 0 Å². The number of nitrogens with zero attached hydrogens (tertiary/aromatic N) is 4. The third-order valence-electron chi connectivity index (χ3n) is 4.50. The summed E-state index contributed by atoms with van der Waals surface area (Å²) in [6.07, 6.45) is 0. The highest BCUT2D eigenvalue weighted by atomic mass is 15.1. The molecule has 5 heteroatoms.